The van der Waals surface area contributed by atoms with Crippen LogP contribution in [0.3, 0.4) is 0 Å². The third-order valence-electron chi connectivity index (χ3n) is 9.06. The summed E-state index contributed by atoms with van der Waals surface area (Å²) in [5.74, 6) is -0.396. The van der Waals surface area contributed by atoms with E-state index in [0.717, 1.165) is 95.6 Å². The standard InChI is InChI=1S/C35H47F3O2/c1-3-5-7-23-40-33-21-17-29(24-32(33)36)26-11-8-25(9-12-26)10-13-28-16-20-31(35(38)34(28)37)27-14-18-30(19-15-27)39-22-6-4-2/h3,16-17,20-21,24-27,30H,1,4-15,18-19,22-23H2,2H3. The Morgan fingerprint density at radius 1 is 0.850 bits per heavy atom. The molecule has 0 radical (unpaired) electrons. The second-order valence-corrected chi connectivity index (χ2v) is 11.9. The van der Waals surface area contributed by atoms with Gasteiger partial charge in [-0.1, -0.05) is 37.6 Å². The number of unbranched alkanes of at least 4 members (excludes halogenated alkanes) is 2. The molecule has 0 heterocycles. The Morgan fingerprint density at radius 3 is 2.30 bits per heavy atom. The summed E-state index contributed by atoms with van der Waals surface area (Å²) in [5.41, 5.74) is 2.06. The van der Waals surface area contributed by atoms with Gasteiger partial charge >= 0.3 is 0 Å². The molecule has 0 atom stereocenters. The third kappa shape index (κ3) is 8.38. The average Bonchev–Trinajstić information content (AvgIpc) is 2.98. The fourth-order valence-electron chi connectivity index (χ4n) is 6.49. The summed E-state index contributed by atoms with van der Waals surface area (Å²) in [7, 11) is 0. The molecule has 2 aliphatic rings. The number of allylic oxidation sites excluding steroid dienone is 1. The quantitative estimate of drug-likeness (QED) is 0.170. The minimum Gasteiger partial charge on any atom is -0.491 e. The summed E-state index contributed by atoms with van der Waals surface area (Å²) in [4.78, 5) is 0. The van der Waals surface area contributed by atoms with Crippen LogP contribution in [0, 0.1) is 23.4 Å². The molecule has 2 fully saturated rings. The largest absolute Gasteiger partial charge is 0.491 e. The van der Waals surface area contributed by atoms with Crippen LogP contribution in [-0.4, -0.2) is 19.3 Å². The second kappa shape index (κ2) is 15.7. The maximum absolute atomic E-state index is 15.1. The number of halogens is 3. The molecule has 0 saturated heterocycles. The zero-order chi connectivity index (χ0) is 28.3. The second-order valence-electron chi connectivity index (χ2n) is 11.9. The molecule has 0 spiro atoms. The van der Waals surface area contributed by atoms with E-state index in [-0.39, 0.29) is 17.8 Å². The monoisotopic (exact) mass is 556 g/mol. The van der Waals surface area contributed by atoms with Gasteiger partial charge in [-0.25, -0.2) is 13.2 Å². The van der Waals surface area contributed by atoms with E-state index in [9.17, 15) is 4.39 Å². The van der Waals surface area contributed by atoms with Gasteiger partial charge in [0.05, 0.1) is 12.7 Å². The molecule has 5 heteroatoms. The van der Waals surface area contributed by atoms with Crippen LogP contribution in [0.2, 0.25) is 0 Å². The van der Waals surface area contributed by atoms with E-state index in [1.807, 2.05) is 24.3 Å². The predicted octanol–water partition coefficient (Wildman–Crippen LogP) is 10.2. The fourth-order valence-corrected chi connectivity index (χ4v) is 6.49. The van der Waals surface area contributed by atoms with Crippen molar-refractivity contribution in [3.05, 3.63) is 77.1 Å². The first-order chi connectivity index (χ1) is 19.5. The van der Waals surface area contributed by atoms with Crippen LogP contribution in [0.15, 0.2) is 43.0 Å². The summed E-state index contributed by atoms with van der Waals surface area (Å²) in [6.45, 7) is 7.12. The van der Waals surface area contributed by atoms with E-state index in [1.165, 1.54) is 0 Å². The summed E-state index contributed by atoms with van der Waals surface area (Å²) in [5, 5.41) is 0. The Hall–Kier alpha value is -2.27. The van der Waals surface area contributed by atoms with E-state index < -0.39 is 11.6 Å². The van der Waals surface area contributed by atoms with Crippen molar-refractivity contribution in [3.8, 4) is 5.75 Å². The molecule has 2 nitrogen and oxygen atoms in total. The lowest BCUT2D eigenvalue weighted by molar-refractivity contribution is 0.0230. The van der Waals surface area contributed by atoms with Gasteiger partial charge in [-0.05, 0) is 130 Å². The van der Waals surface area contributed by atoms with E-state index in [2.05, 4.69) is 13.5 Å². The van der Waals surface area contributed by atoms with Crippen molar-refractivity contribution in [2.24, 2.45) is 5.92 Å². The Labute approximate surface area is 239 Å². The van der Waals surface area contributed by atoms with Crippen molar-refractivity contribution >= 4 is 0 Å². The normalized spacial score (nSPS) is 23.2. The zero-order valence-corrected chi connectivity index (χ0v) is 24.2. The number of hydrogen-bond acceptors (Lipinski definition) is 2. The van der Waals surface area contributed by atoms with Gasteiger partial charge in [0.15, 0.2) is 23.2 Å². The van der Waals surface area contributed by atoms with Crippen LogP contribution in [0.25, 0.3) is 0 Å². The summed E-state index contributed by atoms with van der Waals surface area (Å²) < 4.78 is 56.3. The first-order valence-electron chi connectivity index (χ1n) is 15.6. The summed E-state index contributed by atoms with van der Waals surface area (Å²) in [6, 6.07) is 9.00. The van der Waals surface area contributed by atoms with Gasteiger partial charge in [0.25, 0.3) is 0 Å². The Morgan fingerprint density at radius 2 is 1.60 bits per heavy atom. The lowest BCUT2D eigenvalue weighted by atomic mass is 9.76. The predicted molar refractivity (Wildman–Crippen MR) is 157 cm³/mol. The molecule has 0 bridgehead atoms. The van der Waals surface area contributed by atoms with Gasteiger partial charge in [-0.15, -0.1) is 6.58 Å². The lowest BCUT2D eigenvalue weighted by Crippen LogP contribution is -2.22. The molecule has 2 aromatic carbocycles. The highest BCUT2D eigenvalue weighted by Gasteiger charge is 2.28. The molecule has 4 rings (SSSR count). The van der Waals surface area contributed by atoms with Crippen LogP contribution >= 0.6 is 0 Å². The first kappa shape index (κ1) is 30.7. The molecule has 0 amide bonds. The number of benzene rings is 2. The molecular formula is C35H47F3O2. The number of ether oxygens (including phenoxy) is 2. The molecular weight excluding hydrogens is 509 g/mol. The number of rotatable bonds is 14. The third-order valence-corrected chi connectivity index (χ3v) is 9.06. The smallest absolute Gasteiger partial charge is 0.165 e. The summed E-state index contributed by atoms with van der Waals surface area (Å²) >= 11 is 0. The van der Waals surface area contributed by atoms with Gasteiger partial charge in [0, 0.05) is 6.61 Å². The highest BCUT2D eigenvalue weighted by atomic mass is 19.2. The molecule has 0 N–H and O–H groups in total. The van der Waals surface area contributed by atoms with Gasteiger partial charge < -0.3 is 9.47 Å². The van der Waals surface area contributed by atoms with E-state index in [4.69, 9.17) is 9.47 Å². The zero-order valence-electron chi connectivity index (χ0n) is 24.2. The molecule has 40 heavy (non-hydrogen) atoms. The Kier molecular flexibility index (Phi) is 12.0. The maximum atomic E-state index is 15.1. The SMILES string of the molecule is C=CCCCOc1ccc(C2CCC(CCc3ccc(C4CCC(OCCCC)CC4)c(F)c3F)CC2)cc1F. The van der Waals surface area contributed by atoms with Crippen molar-refractivity contribution < 1.29 is 22.6 Å². The van der Waals surface area contributed by atoms with Crippen LogP contribution < -0.4 is 4.74 Å². The average molecular weight is 557 g/mol. The highest BCUT2D eigenvalue weighted by molar-refractivity contribution is 5.32. The van der Waals surface area contributed by atoms with Crippen molar-refractivity contribution in [1.82, 2.24) is 0 Å². The van der Waals surface area contributed by atoms with Crippen LogP contribution in [0.1, 0.15) is 119 Å². The minimum atomic E-state index is -0.658. The minimum absolute atomic E-state index is 0.0765. The van der Waals surface area contributed by atoms with Crippen LogP contribution in [-0.2, 0) is 11.2 Å². The van der Waals surface area contributed by atoms with E-state index >= 15 is 8.78 Å². The number of hydrogen-bond donors (Lipinski definition) is 0. The van der Waals surface area contributed by atoms with Crippen molar-refractivity contribution in [2.45, 2.75) is 115 Å². The molecule has 220 valence electrons. The molecule has 0 aromatic heterocycles. The Balaban J connectivity index is 1.23. The van der Waals surface area contributed by atoms with Gasteiger partial charge in [0.2, 0.25) is 0 Å². The van der Waals surface area contributed by atoms with E-state index in [0.29, 0.717) is 41.7 Å². The molecule has 2 aromatic rings. The van der Waals surface area contributed by atoms with Gasteiger partial charge in [0.1, 0.15) is 0 Å². The van der Waals surface area contributed by atoms with Gasteiger partial charge in [-0.2, -0.15) is 0 Å². The van der Waals surface area contributed by atoms with Crippen molar-refractivity contribution in [1.29, 1.82) is 0 Å². The maximum Gasteiger partial charge on any atom is 0.165 e. The molecule has 2 saturated carbocycles. The fraction of sp³-hybridized carbons (Fsp3) is 0.600. The molecule has 0 aliphatic heterocycles. The molecule has 0 unspecified atom stereocenters. The topological polar surface area (TPSA) is 18.5 Å². The molecule has 2 aliphatic carbocycles. The highest BCUT2D eigenvalue weighted by Crippen LogP contribution is 2.40. The number of aryl methyl sites for hydroxylation is 1. The first-order valence-corrected chi connectivity index (χ1v) is 15.6. The van der Waals surface area contributed by atoms with Gasteiger partial charge in [-0.3, -0.25) is 0 Å². The summed E-state index contributed by atoms with van der Waals surface area (Å²) in [6.07, 6.45) is 15.0. The Bertz CT molecular complexity index is 1070. The van der Waals surface area contributed by atoms with Crippen molar-refractivity contribution in [3.63, 3.8) is 0 Å². The van der Waals surface area contributed by atoms with Crippen molar-refractivity contribution in [2.75, 3.05) is 13.2 Å². The van der Waals surface area contributed by atoms with Crippen LogP contribution in [0.4, 0.5) is 13.2 Å². The van der Waals surface area contributed by atoms with Crippen LogP contribution in [0.5, 0.6) is 5.75 Å². The lowest BCUT2D eigenvalue weighted by Gasteiger charge is -2.30. The van der Waals surface area contributed by atoms with E-state index in [1.54, 1.807) is 12.1 Å².